The molecule has 10 heteroatoms. The quantitative estimate of drug-likeness (QED) is 0.152. The molecule has 0 unspecified atom stereocenters. The van der Waals surface area contributed by atoms with E-state index in [1.54, 1.807) is 35.2 Å². The Bertz CT molecular complexity index is 1680. The maximum Gasteiger partial charge on any atom is 0.339 e. The monoisotopic (exact) mass is 682 g/mol. The lowest BCUT2D eigenvalue weighted by molar-refractivity contribution is -0.113. The lowest BCUT2D eigenvalue weighted by atomic mass is 10.2. The van der Waals surface area contributed by atoms with E-state index in [0.29, 0.717) is 30.3 Å². The summed E-state index contributed by atoms with van der Waals surface area (Å²) in [4.78, 5) is 20.4. The molecule has 1 heterocycles. The van der Waals surface area contributed by atoms with E-state index in [9.17, 15) is 13.2 Å². The van der Waals surface area contributed by atoms with E-state index in [-0.39, 0.29) is 16.6 Å². The molecule has 0 bridgehead atoms. The van der Waals surface area contributed by atoms with Gasteiger partial charge in [0, 0.05) is 0 Å². The lowest BCUT2D eigenvalue weighted by Crippen LogP contribution is -2.28. The van der Waals surface area contributed by atoms with Gasteiger partial charge in [-0.1, -0.05) is 54.1 Å². The molecule has 0 spiro atoms. The Morgan fingerprint density at radius 3 is 2.08 bits per heavy atom. The Balaban J connectivity index is 1.47. The van der Waals surface area contributed by atoms with Crippen LogP contribution in [0.25, 0.3) is 6.08 Å². The van der Waals surface area contributed by atoms with Crippen LogP contribution < -0.4 is 9.08 Å². The van der Waals surface area contributed by atoms with Crippen molar-refractivity contribution in [3.05, 3.63) is 122 Å². The second-order valence-electron chi connectivity index (χ2n) is 8.48. The average Bonchev–Trinajstić information content (AvgIpc) is 3.21. The van der Waals surface area contributed by atoms with Crippen molar-refractivity contribution in [2.45, 2.75) is 11.8 Å². The Morgan fingerprint density at radius 2 is 1.46 bits per heavy atom. The number of hydrogen-bond donors (Lipinski definition) is 0. The second-order valence-corrected chi connectivity index (χ2v) is 12.7. The standard InChI is InChI=1S/C29H20Br2N2O4S2/c1-19-12-14-23(15-13-19)39(35,36)37-27-24(30)16-20(17-25(27)31)18-26-28(34)33(22-10-6-3-7-11-22)29(38-26)32-21-8-4-2-5-9-21/h2-18H,1H3/b26-18+,32-29?. The van der Waals surface area contributed by atoms with Crippen LogP contribution in [0.2, 0.25) is 0 Å². The van der Waals surface area contributed by atoms with Gasteiger partial charge in [0.1, 0.15) is 4.90 Å². The summed E-state index contributed by atoms with van der Waals surface area (Å²) in [5.41, 5.74) is 3.05. The van der Waals surface area contributed by atoms with Crippen LogP contribution in [0.4, 0.5) is 11.4 Å². The summed E-state index contributed by atoms with van der Waals surface area (Å²) in [5.74, 6) is -0.101. The molecule has 39 heavy (non-hydrogen) atoms. The summed E-state index contributed by atoms with van der Waals surface area (Å²) in [6.45, 7) is 1.88. The van der Waals surface area contributed by atoms with Crippen molar-refractivity contribution in [3.8, 4) is 5.75 Å². The van der Waals surface area contributed by atoms with Crippen molar-refractivity contribution in [2.24, 2.45) is 4.99 Å². The van der Waals surface area contributed by atoms with Gasteiger partial charge in [-0.05, 0) is 111 Å². The molecule has 6 nitrogen and oxygen atoms in total. The zero-order valence-corrected chi connectivity index (χ0v) is 25.2. The molecule has 0 aromatic heterocycles. The third-order valence-electron chi connectivity index (χ3n) is 5.62. The van der Waals surface area contributed by atoms with E-state index in [1.807, 2.05) is 67.6 Å². The molecule has 0 atom stereocenters. The predicted molar refractivity (Wildman–Crippen MR) is 164 cm³/mol. The first-order valence-electron chi connectivity index (χ1n) is 11.6. The number of carbonyl (C=O) groups is 1. The van der Waals surface area contributed by atoms with Crippen LogP contribution in [0, 0.1) is 6.92 Å². The summed E-state index contributed by atoms with van der Waals surface area (Å²) in [7, 11) is -4.05. The highest BCUT2D eigenvalue weighted by Gasteiger charge is 2.35. The SMILES string of the molecule is Cc1ccc(S(=O)(=O)Oc2c(Br)cc(/C=C3/SC(=Nc4ccccc4)N(c4ccccc4)C3=O)cc2Br)cc1. The van der Waals surface area contributed by atoms with Gasteiger partial charge in [0.05, 0.1) is 25.2 Å². The van der Waals surface area contributed by atoms with E-state index < -0.39 is 10.1 Å². The van der Waals surface area contributed by atoms with Gasteiger partial charge in [0.25, 0.3) is 5.91 Å². The fraction of sp³-hybridized carbons (Fsp3) is 0.0345. The molecule has 0 saturated carbocycles. The number of benzene rings is 4. The Kier molecular flexibility index (Phi) is 8.08. The highest BCUT2D eigenvalue weighted by Crippen LogP contribution is 2.40. The number of halogens is 2. The maximum absolute atomic E-state index is 13.5. The fourth-order valence-electron chi connectivity index (χ4n) is 3.72. The van der Waals surface area contributed by atoms with E-state index in [4.69, 9.17) is 9.18 Å². The van der Waals surface area contributed by atoms with Gasteiger partial charge in [-0.2, -0.15) is 8.42 Å². The molecule has 1 saturated heterocycles. The van der Waals surface area contributed by atoms with Gasteiger partial charge >= 0.3 is 10.1 Å². The summed E-state index contributed by atoms with van der Waals surface area (Å²) in [5, 5.41) is 0.533. The van der Waals surface area contributed by atoms with E-state index in [2.05, 4.69) is 31.9 Å². The van der Waals surface area contributed by atoms with Crippen LogP contribution in [-0.4, -0.2) is 19.5 Å². The van der Waals surface area contributed by atoms with Crippen molar-refractivity contribution in [1.29, 1.82) is 0 Å². The smallest absolute Gasteiger partial charge is 0.339 e. The molecule has 1 aliphatic heterocycles. The number of aryl methyl sites for hydroxylation is 1. The minimum Gasteiger partial charge on any atom is -0.377 e. The van der Waals surface area contributed by atoms with E-state index >= 15 is 0 Å². The topological polar surface area (TPSA) is 76.0 Å². The Labute approximate surface area is 247 Å². The molecule has 0 aliphatic carbocycles. The number of anilines is 1. The highest BCUT2D eigenvalue weighted by molar-refractivity contribution is 9.11. The maximum atomic E-state index is 13.5. The van der Waals surface area contributed by atoms with Crippen LogP contribution in [0.1, 0.15) is 11.1 Å². The molecule has 5 rings (SSSR count). The molecule has 4 aromatic carbocycles. The number of para-hydroxylation sites is 2. The largest absolute Gasteiger partial charge is 0.377 e. The van der Waals surface area contributed by atoms with Crippen LogP contribution in [0.15, 0.2) is 121 Å². The molecule has 1 aliphatic rings. The Hall–Kier alpha value is -3.18. The number of amides is 1. The third kappa shape index (κ3) is 6.19. The Morgan fingerprint density at radius 1 is 0.872 bits per heavy atom. The number of thioether (sulfide) groups is 1. The molecular weight excluding hydrogens is 664 g/mol. The third-order valence-corrected chi connectivity index (χ3v) is 9.01. The van der Waals surface area contributed by atoms with Crippen LogP contribution in [-0.2, 0) is 14.9 Å². The summed E-state index contributed by atoms with van der Waals surface area (Å²) in [6.07, 6.45) is 1.74. The number of aliphatic imine (C=N–C) groups is 1. The van der Waals surface area contributed by atoms with Crippen molar-refractivity contribution in [1.82, 2.24) is 0 Å². The van der Waals surface area contributed by atoms with Crippen molar-refractivity contribution in [3.63, 3.8) is 0 Å². The zero-order valence-electron chi connectivity index (χ0n) is 20.4. The van der Waals surface area contributed by atoms with Gasteiger partial charge in [-0.25, -0.2) is 4.99 Å². The van der Waals surface area contributed by atoms with E-state index in [0.717, 1.165) is 11.3 Å². The fourth-order valence-corrected chi connectivity index (χ4v) is 7.29. The molecule has 0 N–H and O–H groups in total. The van der Waals surface area contributed by atoms with Crippen LogP contribution >= 0.6 is 43.6 Å². The molecule has 4 aromatic rings. The van der Waals surface area contributed by atoms with Gasteiger partial charge in [-0.15, -0.1) is 0 Å². The lowest BCUT2D eigenvalue weighted by Gasteiger charge is -2.15. The van der Waals surface area contributed by atoms with Gasteiger partial charge in [0.2, 0.25) is 0 Å². The number of hydrogen-bond acceptors (Lipinski definition) is 6. The zero-order chi connectivity index (χ0) is 27.6. The molecule has 196 valence electrons. The first-order valence-corrected chi connectivity index (χ1v) is 15.5. The van der Waals surface area contributed by atoms with Gasteiger partial charge in [-0.3, -0.25) is 9.69 Å². The average molecular weight is 684 g/mol. The summed E-state index contributed by atoms with van der Waals surface area (Å²) in [6, 6.07) is 28.6. The summed E-state index contributed by atoms with van der Waals surface area (Å²) < 4.78 is 31.9. The van der Waals surface area contributed by atoms with Crippen LogP contribution in [0.5, 0.6) is 5.75 Å². The first-order chi connectivity index (χ1) is 18.7. The minimum atomic E-state index is -4.05. The van der Waals surface area contributed by atoms with Crippen molar-refractivity contribution < 1.29 is 17.4 Å². The van der Waals surface area contributed by atoms with Crippen molar-refractivity contribution >= 4 is 82.3 Å². The number of carbonyl (C=O) groups excluding carboxylic acids is 1. The molecule has 1 fully saturated rings. The van der Waals surface area contributed by atoms with Crippen molar-refractivity contribution in [2.75, 3.05) is 4.90 Å². The predicted octanol–water partition coefficient (Wildman–Crippen LogP) is 8.10. The van der Waals surface area contributed by atoms with Gasteiger partial charge < -0.3 is 4.18 Å². The normalized spacial score (nSPS) is 15.8. The second kappa shape index (κ2) is 11.5. The number of nitrogens with zero attached hydrogens (tertiary/aromatic N) is 2. The number of amidine groups is 1. The first kappa shape index (κ1) is 27.4. The molecule has 1 amide bonds. The molecular formula is C29H20Br2N2O4S2. The summed E-state index contributed by atoms with van der Waals surface area (Å²) >= 11 is 8.12. The van der Waals surface area contributed by atoms with Gasteiger partial charge in [0.15, 0.2) is 10.9 Å². The van der Waals surface area contributed by atoms with E-state index in [1.165, 1.54) is 23.9 Å². The highest BCUT2D eigenvalue weighted by atomic mass is 79.9. The minimum absolute atomic E-state index is 0.0530. The molecule has 0 radical (unpaired) electrons. The number of rotatable bonds is 6. The van der Waals surface area contributed by atoms with Crippen LogP contribution in [0.3, 0.4) is 0 Å².